The maximum Gasteiger partial charge on any atom is 0.394 e. The molecule has 0 aliphatic heterocycles. The molecule has 0 rings (SSSR count). The highest BCUT2D eigenvalue weighted by molar-refractivity contribution is 7.79. The van der Waals surface area contributed by atoms with E-state index < -0.39 is 10.4 Å². The largest absolute Gasteiger partial charge is 0.395 e. The van der Waals surface area contributed by atoms with Crippen molar-refractivity contribution in [1.29, 1.82) is 0 Å². The van der Waals surface area contributed by atoms with Gasteiger partial charge in [0.15, 0.2) is 0 Å². The monoisotopic (exact) mass is 714 g/mol. The molecule has 0 aromatic carbocycles. The smallest absolute Gasteiger partial charge is 0.394 e. The summed E-state index contributed by atoms with van der Waals surface area (Å²) in [7, 11) is -4.67. The van der Waals surface area contributed by atoms with Crippen molar-refractivity contribution in [3.8, 4) is 0 Å². The molecule has 0 spiro atoms. The second-order valence-electron chi connectivity index (χ2n) is 13.3. The second kappa shape index (κ2) is 46.7. The van der Waals surface area contributed by atoms with Crippen LogP contribution in [0.15, 0.2) is 0 Å². The van der Waals surface area contributed by atoms with E-state index in [0.29, 0.717) is 19.6 Å². The third-order valence-corrected chi connectivity index (χ3v) is 8.53. The molecule has 0 amide bonds. The minimum absolute atomic E-state index is 0.0694. The lowest BCUT2D eigenvalue weighted by Gasteiger charge is -2.17. The Balaban J connectivity index is -0.00000111. The minimum atomic E-state index is -4.67. The van der Waals surface area contributed by atoms with Crippen LogP contribution in [0.4, 0.5) is 0 Å². The van der Waals surface area contributed by atoms with Crippen molar-refractivity contribution in [3.63, 3.8) is 0 Å². The summed E-state index contributed by atoms with van der Waals surface area (Å²) >= 11 is 0. The Morgan fingerprint density at radius 3 is 0.771 bits per heavy atom. The molecule has 0 saturated heterocycles. The number of hydrogen-bond acceptors (Lipinski definition) is 7. The molecule has 0 radical (unpaired) electrons. The van der Waals surface area contributed by atoms with E-state index in [2.05, 4.69) is 13.8 Å². The van der Waals surface area contributed by atoms with E-state index in [1.165, 1.54) is 180 Å². The first kappa shape index (κ1) is 52.0. The third-order valence-electron chi connectivity index (χ3n) is 8.53. The van der Waals surface area contributed by atoms with Crippen LogP contribution in [0, 0.1) is 0 Å². The first-order valence-corrected chi connectivity index (χ1v) is 21.5. The Morgan fingerprint density at radius 1 is 0.396 bits per heavy atom. The molecule has 0 aromatic heterocycles. The van der Waals surface area contributed by atoms with E-state index in [4.69, 9.17) is 37.6 Å². The molecular weight excluding hydrogens is 630 g/mol. The minimum Gasteiger partial charge on any atom is -0.395 e. The molecule has 5 N–H and O–H groups in total. The van der Waals surface area contributed by atoms with Crippen LogP contribution in [0.25, 0.3) is 0 Å². The lowest BCUT2D eigenvalue weighted by molar-refractivity contribution is 0.125. The maximum atomic E-state index is 8.74. The van der Waals surface area contributed by atoms with Crippen molar-refractivity contribution >= 4 is 10.4 Å². The summed E-state index contributed by atoms with van der Waals surface area (Å²) in [6, 6.07) is 0. The van der Waals surface area contributed by atoms with Gasteiger partial charge in [-0.2, -0.15) is 8.42 Å². The predicted octanol–water partition coefficient (Wildman–Crippen LogP) is 9.58. The fourth-order valence-corrected chi connectivity index (χ4v) is 5.66. The highest BCUT2D eigenvalue weighted by Gasteiger charge is 2.00. The Morgan fingerprint density at radius 2 is 0.583 bits per heavy atom. The molecule has 0 atom stereocenters. The molecule has 10 heteroatoms. The lowest BCUT2D eigenvalue weighted by Crippen LogP contribution is -2.32. The van der Waals surface area contributed by atoms with E-state index in [9.17, 15) is 0 Å². The quantitative estimate of drug-likeness (QED) is 0.0316. The maximum absolute atomic E-state index is 8.74. The van der Waals surface area contributed by atoms with E-state index in [-0.39, 0.29) is 19.8 Å². The number of aliphatic hydroxyl groups excluding tert-OH is 3. The van der Waals surface area contributed by atoms with Crippen LogP contribution in [0.5, 0.6) is 0 Å². The van der Waals surface area contributed by atoms with Gasteiger partial charge in [0.05, 0.1) is 19.8 Å². The third kappa shape index (κ3) is 60.9. The van der Waals surface area contributed by atoms with Crippen molar-refractivity contribution in [2.45, 2.75) is 194 Å². The van der Waals surface area contributed by atoms with E-state index in [0.717, 1.165) is 13.2 Å². The van der Waals surface area contributed by atoms with E-state index in [1.807, 2.05) is 0 Å². The summed E-state index contributed by atoms with van der Waals surface area (Å²) < 4.78 is 37.4. The van der Waals surface area contributed by atoms with E-state index >= 15 is 0 Å². The van der Waals surface area contributed by atoms with Gasteiger partial charge < -0.3 is 20.1 Å². The molecule has 0 fully saturated rings. The van der Waals surface area contributed by atoms with Crippen LogP contribution in [0.2, 0.25) is 0 Å². The van der Waals surface area contributed by atoms with Crippen LogP contribution in [-0.2, 0) is 15.1 Å². The molecule has 294 valence electrons. The lowest BCUT2D eigenvalue weighted by atomic mass is 10.0. The highest BCUT2D eigenvalue weighted by Crippen LogP contribution is 2.14. The normalized spacial score (nSPS) is 11.3. The van der Waals surface area contributed by atoms with Crippen LogP contribution < -0.4 is 0 Å². The Kier molecular flexibility index (Phi) is 50.6. The van der Waals surface area contributed by atoms with Gasteiger partial charge in [-0.25, -0.2) is 0 Å². The van der Waals surface area contributed by atoms with Crippen molar-refractivity contribution in [1.82, 2.24) is 4.90 Å². The van der Waals surface area contributed by atoms with Crippen LogP contribution >= 0.6 is 0 Å². The zero-order chi connectivity index (χ0) is 36.2. The summed E-state index contributed by atoms with van der Waals surface area (Å²) in [6.45, 7) is 8.35. The number of rotatable bonds is 36. The molecule has 0 unspecified atom stereocenters. The van der Waals surface area contributed by atoms with Crippen LogP contribution in [-0.4, -0.2) is 90.4 Å². The zero-order valence-electron chi connectivity index (χ0n) is 31.8. The van der Waals surface area contributed by atoms with Gasteiger partial charge in [-0.3, -0.25) is 14.0 Å². The molecule has 0 bridgehead atoms. The van der Waals surface area contributed by atoms with Crippen LogP contribution in [0.3, 0.4) is 0 Å². The number of hydrogen-bond donors (Lipinski definition) is 5. The Bertz CT molecular complexity index is 602. The summed E-state index contributed by atoms with van der Waals surface area (Å²) in [4.78, 5) is 1.79. The van der Waals surface area contributed by atoms with Gasteiger partial charge in [-0.15, -0.1) is 0 Å². The van der Waals surface area contributed by atoms with Crippen molar-refractivity contribution < 1.29 is 37.6 Å². The summed E-state index contributed by atoms with van der Waals surface area (Å²) in [5.41, 5.74) is 0. The Hall–Kier alpha value is -0.330. The highest BCUT2D eigenvalue weighted by atomic mass is 32.3. The number of nitrogens with zero attached hydrogens (tertiary/aromatic N) is 1. The van der Waals surface area contributed by atoms with Gasteiger partial charge in [0.25, 0.3) is 0 Å². The van der Waals surface area contributed by atoms with Gasteiger partial charge in [-0.1, -0.05) is 181 Å². The van der Waals surface area contributed by atoms with Crippen molar-refractivity contribution in [2.24, 2.45) is 0 Å². The molecule has 0 aliphatic carbocycles. The molecule has 9 nitrogen and oxygen atoms in total. The van der Waals surface area contributed by atoms with Gasteiger partial charge in [0.1, 0.15) is 0 Å². The zero-order valence-corrected chi connectivity index (χ0v) is 32.6. The molecular formula is C38H83NO8S. The molecule has 0 aromatic rings. The molecule has 0 aliphatic rings. The van der Waals surface area contributed by atoms with Crippen molar-refractivity contribution in [3.05, 3.63) is 0 Å². The van der Waals surface area contributed by atoms with Crippen molar-refractivity contribution in [2.75, 3.05) is 52.7 Å². The number of ether oxygens (including phenoxy) is 1. The topological polar surface area (TPSA) is 148 Å². The fraction of sp³-hybridized carbons (Fsp3) is 1.00. The summed E-state index contributed by atoms with van der Waals surface area (Å²) in [6.07, 6.45) is 40.1. The average molecular weight is 714 g/mol. The van der Waals surface area contributed by atoms with Gasteiger partial charge >= 0.3 is 10.4 Å². The van der Waals surface area contributed by atoms with E-state index in [1.54, 1.807) is 4.90 Å². The summed E-state index contributed by atoms with van der Waals surface area (Å²) in [5, 5.41) is 25.5. The fourth-order valence-electron chi connectivity index (χ4n) is 5.66. The van der Waals surface area contributed by atoms with Gasteiger partial charge in [-0.05, 0) is 12.8 Å². The molecule has 0 saturated carbocycles. The predicted molar refractivity (Wildman–Crippen MR) is 203 cm³/mol. The summed E-state index contributed by atoms with van der Waals surface area (Å²) in [5.74, 6) is 0. The number of unbranched alkanes of at least 4 members (excludes halogenated alkanes) is 26. The average Bonchev–Trinajstić information content (AvgIpc) is 3.04. The van der Waals surface area contributed by atoms with Gasteiger partial charge in [0.2, 0.25) is 0 Å². The standard InChI is InChI=1S/C32H66O.C6H15NO3.H2O4S/c1-3-5-7-9-11-13-15-17-19-21-23-25-27-29-31-33-32-30-28-26-24-22-20-18-16-14-12-10-8-6-4-2;8-4-1-7(2-5-9)3-6-10;1-5(2,3)4/h3-32H2,1-2H3;8-10H,1-6H2;(H2,1,2,3,4). The second-order valence-corrected chi connectivity index (χ2v) is 14.2. The number of aliphatic hydroxyl groups is 3. The molecule has 48 heavy (non-hydrogen) atoms. The Labute approximate surface area is 298 Å². The molecule has 0 heterocycles. The SMILES string of the molecule is CCCCCCCCCCCCCCCCOCCCCCCCCCCCCCCCC.O=S(=O)(O)O.OCCN(CCO)CCO. The first-order chi connectivity index (χ1) is 23.3. The first-order valence-electron chi connectivity index (χ1n) is 20.1. The van der Waals surface area contributed by atoms with Crippen LogP contribution in [0.1, 0.15) is 194 Å². The van der Waals surface area contributed by atoms with Gasteiger partial charge in [0, 0.05) is 32.8 Å².